The molecule has 0 aliphatic rings. The molecule has 2 aromatic rings. The van der Waals surface area contributed by atoms with Gasteiger partial charge in [0.25, 0.3) is 0 Å². The van der Waals surface area contributed by atoms with Crippen LogP contribution in [0.3, 0.4) is 0 Å². The fourth-order valence-electron chi connectivity index (χ4n) is 2.22. The van der Waals surface area contributed by atoms with Crippen LogP contribution in [0.25, 0.3) is 0 Å². The molecule has 20 heavy (non-hydrogen) atoms. The second kappa shape index (κ2) is 6.95. The Balaban J connectivity index is 2.26. The fourth-order valence-corrected chi connectivity index (χ4v) is 2.85. The third-order valence-electron chi connectivity index (χ3n) is 3.12. The number of halogens is 3. The summed E-state index contributed by atoms with van der Waals surface area (Å²) in [6.45, 7) is 2.79. The highest BCUT2D eigenvalue weighted by Gasteiger charge is 2.15. The van der Waals surface area contributed by atoms with Gasteiger partial charge >= 0.3 is 0 Å². The zero-order valence-corrected chi connectivity index (χ0v) is 12.8. The van der Waals surface area contributed by atoms with Gasteiger partial charge in [-0.15, -0.1) is 0 Å². The number of hydrogen-bond acceptors (Lipinski definition) is 1. The van der Waals surface area contributed by atoms with E-state index in [1.165, 1.54) is 24.3 Å². The molecule has 0 amide bonds. The fraction of sp³-hybridized carbons (Fsp3) is 0.250. The molecule has 1 N–H and O–H groups in total. The van der Waals surface area contributed by atoms with E-state index in [9.17, 15) is 8.78 Å². The van der Waals surface area contributed by atoms with Crippen LogP contribution in [-0.4, -0.2) is 6.54 Å². The van der Waals surface area contributed by atoms with Crippen LogP contribution in [0.2, 0.25) is 0 Å². The lowest BCUT2D eigenvalue weighted by molar-refractivity contribution is 0.542. The predicted octanol–water partition coefficient (Wildman–Crippen LogP) is 4.62. The molecule has 2 rings (SSSR count). The zero-order valence-electron chi connectivity index (χ0n) is 11.2. The van der Waals surface area contributed by atoms with E-state index in [0.717, 1.165) is 22.1 Å². The molecule has 0 aliphatic heterocycles. The molecule has 1 unspecified atom stereocenters. The van der Waals surface area contributed by atoms with Crippen molar-refractivity contribution in [3.05, 3.63) is 69.7 Å². The zero-order chi connectivity index (χ0) is 14.5. The minimum Gasteiger partial charge on any atom is -0.310 e. The van der Waals surface area contributed by atoms with E-state index in [-0.39, 0.29) is 17.7 Å². The SMILES string of the molecule is CCNC(Cc1cccc(F)c1)c1ccc(F)cc1Br. The first kappa shape index (κ1) is 15.1. The Morgan fingerprint density at radius 1 is 1.10 bits per heavy atom. The van der Waals surface area contributed by atoms with Gasteiger partial charge in [0.05, 0.1) is 0 Å². The maximum Gasteiger partial charge on any atom is 0.124 e. The predicted molar refractivity (Wildman–Crippen MR) is 80.6 cm³/mol. The molecule has 2 aromatic carbocycles. The van der Waals surface area contributed by atoms with Gasteiger partial charge in [-0.1, -0.05) is 41.1 Å². The maximum absolute atomic E-state index is 13.3. The highest BCUT2D eigenvalue weighted by atomic mass is 79.9. The average molecular weight is 340 g/mol. The van der Waals surface area contributed by atoms with Crippen molar-refractivity contribution < 1.29 is 8.78 Å². The van der Waals surface area contributed by atoms with Crippen LogP contribution in [-0.2, 0) is 6.42 Å². The summed E-state index contributed by atoms with van der Waals surface area (Å²) in [4.78, 5) is 0. The first-order valence-corrected chi connectivity index (χ1v) is 7.32. The summed E-state index contributed by atoms with van der Waals surface area (Å²) in [5.41, 5.74) is 1.88. The monoisotopic (exact) mass is 339 g/mol. The Bertz CT molecular complexity index is 586. The third-order valence-corrected chi connectivity index (χ3v) is 3.80. The van der Waals surface area contributed by atoms with Crippen molar-refractivity contribution >= 4 is 15.9 Å². The Morgan fingerprint density at radius 2 is 1.85 bits per heavy atom. The van der Waals surface area contributed by atoms with Gasteiger partial charge in [-0.2, -0.15) is 0 Å². The molecule has 0 radical (unpaired) electrons. The molecule has 4 heteroatoms. The quantitative estimate of drug-likeness (QED) is 0.837. The minimum absolute atomic E-state index is 0.0109. The van der Waals surface area contributed by atoms with Crippen LogP contribution in [0.5, 0.6) is 0 Å². The van der Waals surface area contributed by atoms with E-state index in [1.54, 1.807) is 12.1 Å². The van der Waals surface area contributed by atoms with E-state index in [0.29, 0.717) is 6.42 Å². The van der Waals surface area contributed by atoms with Gasteiger partial charge in [0.2, 0.25) is 0 Å². The van der Waals surface area contributed by atoms with E-state index < -0.39 is 0 Å². The molecule has 0 bridgehead atoms. The lowest BCUT2D eigenvalue weighted by Gasteiger charge is -2.20. The van der Waals surface area contributed by atoms with E-state index in [2.05, 4.69) is 21.2 Å². The lowest BCUT2D eigenvalue weighted by Crippen LogP contribution is -2.23. The van der Waals surface area contributed by atoms with Crippen LogP contribution in [0.4, 0.5) is 8.78 Å². The van der Waals surface area contributed by atoms with Gasteiger partial charge in [-0.3, -0.25) is 0 Å². The summed E-state index contributed by atoms with van der Waals surface area (Å²) in [6, 6.07) is 11.2. The van der Waals surface area contributed by atoms with Crippen molar-refractivity contribution in [2.45, 2.75) is 19.4 Å². The summed E-state index contributed by atoms with van der Waals surface area (Å²) in [5.74, 6) is -0.516. The molecule has 0 saturated carbocycles. The number of benzene rings is 2. The van der Waals surface area contributed by atoms with Crippen LogP contribution in [0, 0.1) is 11.6 Å². The molecule has 106 valence electrons. The Hall–Kier alpha value is -1.26. The van der Waals surface area contributed by atoms with Crippen molar-refractivity contribution in [1.29, 1.82) is 0 Å². The molecule has 0 spiro atoms. The van der Waals surface area contributed by atoms with Crippen LogP contribution >= 0.6 is 15.9 Å². The molecule has 0 aromatic heterocycles. The maximum atomic E-state index is 13.3. The molecule has 1 nitrogen and oxygen atoms in total. The van der Waals surface area contributed by atoms with Crippen molar-refractivity contribution in [3.8, 4) is 0 Å². The standard InChI is InChI=1S/C16H16BrF2N/c1-2-20-16(9-11-4-3-5-12(18)8-11)14-7-6-13(19)10-15(14)17/h3-8,10,16,20H,2,9H2,1H3. The van der Waals surface area contributed by atoms with Gasteiger partial charge in [0.15, 0.2) is 0 Å². The number of nitrogens with one attached hydrogen (secondary N) is 1. The van der Waals surface area contributed by atoms with Crippen LogP contribution in [0.1, 0.15) is 24.1 Å². The Labute approximate surface area is 126 Å². The Morgan fingerprint density at radius 3 is 2.50 bits per heavy atom. The third kappa shape index (κ3) is 3.87. The average Bonchev–Trinajstić information content (AvgIpc) is 2.38. The minimum atomic E-state index is -0.276. The van der Waals surface area contributed by atoms with Gasteiger partial charge < -0.3 is 5.32 Å². The first-order chi connectivity index (χ1) is 9.60. The summed E-state index contributed by atoms with van der Waals surface area (Å²) >= 11 is 3.39. The number of rotatable bonds is 5. The van der Waals surface area contributed by atoms with Crippen LogP contribution in [0.15, 0.2) is 46.9 Å². The number of hydrogen-bond donors (Lipinski definition) is 1. The van der Waals surface area contributed by atoms with Crippen molar-refractivity contribution in [1.82, 2.24) is 5.32 Å². The second-order valence-electron chi connectivity index (χ2n) is 4.61. The molecule has 0 aliphatic carbocycles. The molecular formula is C16H16BrF2N. The topological polar surface area (TPSA) is 12.0 Å². The summed E-state index contributed by atoms with van der Waals surface area (Å²) < 4.78 is 27.2. The number of likely N-dealkylation sites (N-methyl/N-ethyl adjacent to an activating group) is 1. The Kier molecular flexibility index (Phi) is 5.26. The first-order valence-electron chi connectivity index (χ1n) is 6.53. The molecular weight excluding hydrogens is 324 g/mol. The summed E-state index contributed by atoms with van der Waals surface area (Å²) in [7, 11) is 0. The lowest BCUT2D eigenvalue weighted by atomic mass is 9.98. The van der Waals surface area contributed by atoms with Gasteiger partial charge in [0, 0.05) is 10.5 Å². The highest BCUT2D eigenvalue weighted by molar-refractivity contribution is 9.10. The molecule has 0 heterocycles. The van der Waals surface area contributed by atoms with Crippen molar-refractivity contribution in [3.63, 3.8) is 0 Å². The smallest absolute Gasteiger partial charge is 0.124 e. The molecule has 0 fully saturated rings. The largest absolute Gasteiger partial charge is 0.310 e. The summed E-state index contributed by atoms with van der Waals surface area (Å²) in [6.07, 6.45) is 0.649. The highest BCUT2D eigenvalue weighted by Crippen LogP contribution is 2.27. The second-order valence-corrected chi connectivity index (χ2v) is 5.46. The normalized spacial score (nSPS) is 12.4. The molecule has 1 atom stereocenters. The van der Waals surface area contributed by atoms with Crippen LogP contribution < -0.4 is 5.32 Å². The van der Waals surface area contributed by atoms with Crippen molar-refractivity contribution in [2.24, 2.45) is 0 Å². The van der Waals surface area contributed by atoms with Crippen molar-refractivity contribution in [2.75, 3.05) is 6.54 Å². The van der Waals surface area contributed by atoms with Gasteiger partial charge in [-0.25, -0.2) is 8.78 Å². The van der Waals surface area contributed by atoms with Gasteiger partial charge in [0.1, 0.15) is 11.6 Å². The van der Waals surface area contributed by atoms with E-state index in [4.69, 9.17) is 0 Å². The van der Waals surface area contributed by atoms with Gasteiger partial charge in [-0.05, 0) is 48.4 Å². The summed E-state index contributed by atoms with van der Waals surface area (Å²) in [5, 5.41) is 3.35. The van der Waals surface area contributed by atoms with E-state index >= 15 is 0 Å². The van der Waals surface area contributed by atoms with E-state index in [1.807, 2.05) is 13.0 Å². The molecule has 0 saturated heterocycles.